The second kappa shape index (κ2) is 6.53. The standard InChI is InChI=1S/C11H14N2O5/c1-3-17-10(14)7-8-5-6-9(13(15)16)11(12-8)18-4-2/h5-6H,3-4,7H2,1-2H3. The summed E-state index contributed by atoms with van der Waals surface area (Å²) in [4.78, 5) is 25.4. The number of esters is 1. The molecule has 1 aromatic rings. The summed E-state index contributed by atoms with van der Waals surface area (Å²) in [6.07, 6.45) is -0.0358. The zero-order chi connectivity index (χ0) is 13.5. The zero-order valence-corrected chi connectivity index (χ0v) is 10.2. The summed E-state index contributed by atoms with van der Waals surface area (Å²) in [5, 5.41) is 10.7. The highest BCUT2D eigenvalue weighted by atomic mass is 16.6. The second-order valence-electron chi connectivity index (χ2n) is 3.30. The molecule has 0 aliphatic heterocycles. The maximum Gasteiger partial charge on any atom is 0.330 e. The van der Waals surface area contributed by atoms with Crippen LogP contribution in [0.4, 0.5) is 5.69 Å². The molecular formula is C11H14N2O5. The van der Waals surface area contributed by atoms with Gasteiger partial charge in [-0.2, -0.15) is 0 Å². The average molecular weight is 254 g/mol. The van der Waals surface area contributed by atoms with Crippen LogP contribution >= 0.6 is 0 Å². The lowest BCUT2D eigenvalue weighted by molar-refractivity contribution is -0.386. The van der Waals surface area contributed by atoms with Crippen molar-refractivity contribution in [3.63, 3.8) is 0 Å². The highest BCUT2D eigenvalue weighted by Gasteiger charge is 2.18. The molecule has 0 saturated heterocycles. The van der Waals surface area contributed by atoms with Crippen LogP contribution in [0.2, 0.25) is 0 Å². The van der Waals surface area contributed by atoms with Gasteiger partial charge < -0.3 is 9.47 Å². The summed E-state index contributed by atoms with van der Waals surface area (Å²) in [6.45, 7) is 3.94. The monoisotopic (exact) mass is 254 g/mol. The molecule has 1 rings (SSSR count). The Morgan fingerprint density at radius 1 is 1.39 bits per heavy atom. The average Bonchev–Trinajstić information content (AvgIpc) is 2.29. The van der Waals surface area contributed by atoms with E-state index in [9.17, 15) is 14.9 Å². The first-order chi connectivity index (χ1) is 8.58. The zero-order valence-electron chi connectivity index (χ0n) is 10.2. The van der Waals surface area contributed by atoms with Gasteiger partial charge >= 0.3 is 11.7 Å². The minimum absolute atomic E-state index is 0.0358. The molecule has 1 heterocycles. The molecule has 0 saturated carbocycles. The van der Waals surface area contributed by atoms with Crippen molar-refractivity contribution in [3.05, 3.63) is 27.9 Å². The quantitative estimate of drug-likeness (QED) is 0.434. The van der Waals surface area contributed by atoms with Gasteiger partial charge in [-0.25, -0.2) is 4.98 Å². The largest absolute Gasteiger partial charge is 0.473 e. The van der Waals surface area contributed by atoms with Crippen LogP contribution in [0.5, 0.6) is 5.88 Å². The van der Waals surface area contributed by atoms with Crippen molar-refractivity contribution in [1.29, 1.82) is 0 Å². The Labute approximate surface area is 104 Å². The Morgan fingerprint density at radius 2 is 2.11 bits per heavy atom. The van der Waals surface area contributed by atoms with Gasteiger partial charge in [0, 0.05) is 6.07 Å². The molecule has 0 unspecified atom stereocenters. The summed E-state index contributed by atoms with van der Waals surface area (Å²) in [5.74, 6) is -0.509. The molecule has 7 heteroatoms. The van der Waals surface area contributed by atoms with Crippen LogP contribution in [-0.4, -0.2) is 29.1 Å². The molecule has 0 aromatic carbocycles. The van der Waals surface area contributed by atoms with Crippen LogP contribution in [0.3, 0.4) is 0 Å². The van der Waals surface area contributed by atoms with Crippen molar-refractivity contribution in [1.82, 2.24) is 4.98 Å². The van der Waals surface area contributed by atoms with Gasteiger partial charge in [-0.1, -0.05) is 0 Å². The van der Waals surface area contributed by atoms with Gasteiger partial charge in [-0.3, -0.25) is 14.9 Å². The number of rotatable bonds is 6. The molecule has 1 aromatic heterocycles. The lowest BCUT2D eigenvalue weighted by Gasteiger charge is -2.05. The summed E-state index contributed by atoms with van der Waals surface area (Å²) < 4.78 is 9.85. The van der Waals surface area contributed by atoms with E-state index in [0.717, 1.165) is 0 Å². The number of nitro groups is 1. The summed E-state index contributed by atoms with van der Waals surface area (Å²) >= 11 is 0. The fourth-order valence-corrected chi connectivity index (χ4v) is 1.31. The molecule has 0 bridgehead atoms. The van der Waals surface area contributed by atoms with Crippen LogP contribution in [0.1, 0.15) is 19.5 Å². The molecule has 18 heavy (non-hydrogen) atoms. The van der Waals surface area contributed by atoms with E-state index >= 15 is 0 Å². The van der Waals surface area contributed by atoms with Crippen LogP contribution in [0.25, 0.3) is 0 Å². The van der Waals surface area contributed by atoms with E-state index in [-0.39, 0.29) is 31.2 Å². The SMILES string of the molecule is CCOC(=O)Cc1ccc([N+](=O)[O-])c(OCC)n1. The van der Waals surface area contributed by atoms with Gasteiger partial charge in [0.2, 0.25) is 0 Å². The third kappa shape index (κ3) is 3.69. The third-order valence-corrected chi connectivity index (χ3v) is 2.01. The van der Waals surface area contributed by atoms with Gasteiger partial charge in [-0.05, 0) is 19.9 Å². The van der Waals surface area contributed by atoms with E-state index in [1.807, 2.05) is 0 Å². The van der Waals surface area contributed by atoms with Crippen LogP contribution in [0.15, 0.2) is 12.1 Å². The highest BCUT2D eigenvalue weighted by molar-refractivity contribution is 5.72. The molecule has 0 N–H and O–H groups in total. The van der Waals surface area contributed by atoms with Crippen molar-refractivity contribution in [2.45, 2.75) is 20.3 Å². The predicted molar refractivity (Wildman–Crippen MR) is 62.4 cm³/mol. The van der Waals surface area contributed by atoms with Crippen molar-refractivity contribution in [2.24, 2.45) is 0 Å². The van der Waals surface area contributed by atoms with E-state index < -0.39 is 10.9 Å². The van der Waals surface area contributed by atoms with Gasteiger partial charge in [0.25, 0.3) is 5.88 Å². The predicted octanol–water partition coefficient (Wildman–Crippen LogP) is 1.49. The third-order valence-electron chi connectivity index (χ3n) is 2.01. The Hall–Kier alpha value is -2.18. The van der Waals surface area contributed by atoms with E-state index in [4.69, 9.17) is 9.47 Å². The minimum atomic E-state index is -0.577. The smallest absolute Gasteiger partial charge is 0.330 e. The maximum atomic E-state index is 11.3. The van der Waals surface area contributed by atoms with Crippen molar-refractivity contribution >= 4 is 11.7 Å². The van der Waals surface area contributed by atoms with Crippen LogP contribution in [0, 0.1) is 10.1 Å². The number of hydrogen-bond donors (Lipinski definition) is 0. The fourth-order valence-electron chi connectivity index (χ4n) is 1.31. The molecule has 0 atom stereocenters. The van der Waals surface area contributed by atoms with Crippen molar-refractivity contribution in [3.8, 4) is 5.88 Å². The Balaban J connectivity index is 2.92. The van der Waals surface area contributed by atoms with Gasteiger partial charge in [0.05, 0.1) is 30.3 Å². The van der Waals surface area contributed by atoms with E-state index in [1.54, 1.807) is 13.8 Å². The summed E-state index contributed by atoms with van der Waals surface area (Å²) in [7, 11) is 0. The number of aromatic nitrogens is 1. The summed E-state index contributed by atoms with van der Waals surface area (Å²) in [5.41, 5.74) is 0.159. The van der Waals surface area contributed by atoms with E-state index in [1.165, 1.54) is 12.1 Å². The maximum absolute atomic E-state index is 11.3. The molecule has 0 amide bonds. The highest BCUT2D eigenvalue weighted by Crippen LogP contribution is 2.24. The number of nitrogens with zero attached hydrogens (tertiary/aromatic N) is 2. The molecule has 0 spiro atoms. The van der Waals surface area contributed by atoms with E-state index in [2.05, 4.69) is 4.98 Å². The first kappa shape index (κ1) is 13.9. The molecule has 0 fully saturated rings. The Morgan fingerprint density at radius 3 is 2.67 bits per heavy atom. The topological polar surface area (TPSA) is 91.6 Å². The fraction of sp³-hybridized carbons (Fsp3) is 0.455. The number of ether oxygens (including phenoxy) is 2. The molecule has 0 radical (unpaired) electrons. The van der Waals surface area contributed by atoms with E-state index in [0.29, 0.717) is 5.69 Å². The van der Waals surface area contributed by atoms with Crippen LogP contribution in [-0.2, 0) is 16.0 Å². The van der Waals surface area contributed by atoms with Crippen LogP contribution < -0.4 is 4.74 Å². The Bertz CT molecular complexity index is 447. The van der Waals surface area contributed by atoms with Gasteiger partial charge in [0.1, 0.15) is 0 Å². The number of carbonyl (C=O) groups is 1. The first-order valence-corrected chi connectivity index (χ1v) is 5.51. The molecule has 0 aliphatic carbocycles. The lowest BCUT2D eigenvalue weighted by atomic mass is 10.2. The van der Waals surface area contributed by atoms with Gasteiger partial charge in [-0.15, -0.1) is 0 Å². The number of carbonyl (C=O) groups excluding carboxylic acids is 1. The summed E-state index contributed by atoms with van der Waals surface area (Å²) in [6, 6.07) is 2.68. The molecular weight excluding hydrogens is 240 g/mol. The number of hydrogen-bond acceptors (Lipinski definition) is 6. The Kier molecular flexibility index (Phi) is 5.04. The second-order valence-corrected chi connectivity index (χ2v) is 3.30. The normalized spacial score (nSPS) is 9.89. The van der Waals surface area contributed by atoms with Crippen molar-refractivity contribution in [2.75, 3.05) is 13.2 Å². The van der Waals surface area contributed by atoms with Crippen molar-refractivity contribution < 1.29 is 19.2 Å². The molecule has 98 valence electrons. The molecule has 0 aliphatic rings. The number of pyridine rings is 1. The minimum Gasteiger partial charge on any atom is -0.473 e. The van der Waals surface area contributed by atoms with Gasteiger partial charge in [0.15, 0.2) is 0 Å². The lowest BCUT2D eigenvalue weighted by Crippen LogP contribution is -2.10. The molecule has 7 nitrogen and oxygen atoms in total. The first-order valence-electron chi connectivity index (χ1n) is 5.51.